The molecule has 2 aromatic heterocycles. The Balaban J connectivity index is 2.03. The molecule has 0 saturated carbocycles. The van der Waals surface area contributed by atoms with E-state index in [1.807, 2.05) is 0 Å². The van der Waals surface area contributed by atoms with Gasteiger partial charge in [0.05, 0.1) is 35.8 Å². The first-order valence-corrected chi connectivity index (χ1v) is 5.51. The number of rotatable bonds is 4. The fourth-order valence-electron chi connectivity index (χ4n) is 1.50. The third kappa shape index (κ3) is 3.38. The van der Waals surface area contributed by atoms with Crippen LogP contribution in [0.15, 0.2) is 30.7 Å². The molecule has 2 heterocycles. The Bertz CT molecular complexity index is 604. The number of pyridine rings is 1. The number of hydrogen-bond donors (Lipinski definition) is 2. The van der Waals surface area contributed by atoms with E-state index >= 15 is 0 Å². The molecule has 0 spiro atoms. The first-order valence-electron chi connectivity index (χ1n) is 5.51. The minimum Gasteiger partial charge on any atom is -0.481 e. The summed E-state index contributed by atoms with van der Waals surface area (Å²) in [5.74, 6) is -1.24. The van der Waals surface area contributed by atoms with Crippen molar-refractivity contribution in [1.82, 2.24) is 14.8 Å². The number of carboxylic acid groups (broad SMARTS) is 1. The molecule has 0 saturated heterocycles. The molecule has 2 rings (SSSR count). The van der Waals surface area contributed by atoms with E-state index in [0.29, 0.717) is 16.9 Å². The number of aromatic nitrogens is 3. The minimum absolute atomic E-state index is 0.142. The number of carbonyl (C=O) groups is 2. The lowest BCUT2D eigenvalue weighted by molar-refractivity contribution is -0.136. The smallest absolute Gasteiger partial charge is 0.309 e. The highest BCUT2D eigenvalue weighted by Gasteiger charge is 2.08. The normalized spacial score (nSPS) is 10.2. The molecule has 0 bridgehead atoms. The van der Waals surface area contributed by atoms with Crippen LogP contribution in [0.4, 0.5) is 5.69 Å². The van der Waals surface area contributed by atoms with Gasteiger partial charge in [0.25, 0.3) is 5.91 Å². The Morgan fingerprint density at radius 1 is 1.37 bits per heavy atom. The highest BCUT2D eigenvalue weighted by molar-refractivity contribution is 6.03. The topological polar surface area (TPSA) is 97.1 Å². The lowest BCUT2D eigenvalue weighted by atomic mass is 10.2. The van der Waals surface area contributed by atoms with Crippen molar-refractivity contribution in [2.75, 3.05) is 5.32 Å². The number of aryl methyl sites for hydroxylation is 1. The second-order valence-electron chi connectivity index (χ2n) is 3.97. The summed E-state index contributed by atoms with van der Waals surface area (Å²) < 4.78 is 1.53. The van der Waals surface area contributed by atoms with E-state index < -0.39 is 5.97 Å². The highest BCUT2D eigenvalue weighted by Crippen LogP contribution is 2.09. The van der Waals surface area contributed by atoms with Crippen molar-refractivity contribution in [2.24, 2.45) is 7.05 Å². The van der Waals surface area contributed by atoms with Crippen molar-refractivity contribution in [3.63, 3.8) is 0 Å². The molecule has 0 fully saturated rings. The number of hydrogen-bond acceptors (Lipinski definition) is 4. The van der Waals surface area contributed by atoms with Crippen LogP contribution in [0.2, 0.25) is 0 Å². The molecule has 0 aliphatic rings. The summed E-state index contributed by atoms with van der Waals surface area (Å²) in [5.41, 5.74) is 1.38. The molecule has 0 aromatic carbocycles. The summed E-state index contributed by atoms with van der Waals surface area (Å²) in [4.78, 5) is 26.3. The van der Waals surface area contributed by atoms with Crippen LogP contribution in [0.3, 0.4) is 0 Å². The van der Waals surface area contributed by atoms with Crippen molar-refractivity contribution in [2.45, 2.75) is 6.42 Å². The van der Waals surface area contributed by atoms with Gasteiger partial charge in [-0.15, -0.1) is 0 Å². The highest BCUT2D eigenvalue weighted by atomic mass is 16.4. The predicted molar refractivity (Wildman–Crippen MR) is 66.7 cm³/mol. The summed E-state index contributed by atoms with van der Waals surface area (Å²) >= 11 is 0. The van der Waals surface area contributed by atoms with Crippen molar-refractivity contribution < 1.29 is 14.7 Å². The summed E-state index contributed by atoms with van der Waals surface area (Å²) in [5, 5.41) is 15.2. The van der Waals surface area contributed by atoms with E-state index in [1.54, 1.807) is 25.4 Å². The van der Waals surface area contributed by atoms with Crippen LogP contribution in [0.5, 0.6) is 0 Å². The second kappa shape index (κ2) is 5.30. The maximum Gasteiger partial charge on any atom is 0.309 e. The Hall–Kier alpha value is -2.70. The number of carboxylic acids is 1. The number of nitrogens with zero attached hydrogens (tertiary/aromatic N) is 3. The molecule has 2 N–H and O–H groups in total. The van der Waals surface area contributed by atoms with Crippen LogP contribution < -0.4 is 5.32 Å². The molecule has 98 valence electrons. The molecule has 1 amide bonds. The van der Waals surface area contributed by atoms with E-state index in [9.17, 15) is 9.59 Å². The van der Waals surface area contributed by atoms with Gasteiger partial charge in [-0.1, -0.05) is 0 Å². The fraction of sp³-hybridized carbons (Fsp3) is 0.167. The van der Waals surface area contributed by atoms with Gasteiger partial charge in [-0.05, 0) is 12.1 Å². The Morgan fingerprint density at radius 3 is 2.68 bits per heavy atom. The first-order chi connectivity index (χ1) is 9.04. The Labute approximate surface area is 108 Å². The number of anilines is 1. The van der Waals surface area contributed by atoms with Crippen LogP contribution in [0.1, 0.15) is 16.1 Å². The van der Waals surface area contributed by atoms with Gasteiger partial charge in [-0.25, -0.2) is 0 Å². The van der Waals surface area contributed by atoms with Crippen LogP contribution in [-0.4, -0.2) is 31.7 Å². The van der Waals surface area contributed by atoms with Crippen molar-refractivity contribution in [3.8, 4) is 0 Å². The quantitative estimate of drug-likeness (QED) is 0.843. The molecule has 7 nitrogen and oxygen atoms in total. The maximum absolute atomic E-state index is 11.8. The third-order valence-electron chi connectivity index (χ3n) is 2.38. The van der Waals surface area contributed by atoms with Gasteiger partial charge in [-0.2, -0.15) is 5.10 Å². The van der Waals surface area contributed by atoms with Crippen LogP contribution in [0.25, 0.3) is 0 Å². The van der Waals surface area contributed by atoms with Crippen LogP contribution in [0, 0.1) is 0 Å². The van der Waals surface area contributed by atoms with Gasteiger partial charge in [-0.3, -0.25) is 19.3 Å². The number of amides is 1. The number of nitrogens with one attached hydrogen (secondary N) is 1. The predicted octanol–water partition coefficient (Wildman–Crippen LogP) is 0.694. The number of carbonyl (C=O) groups excluding carboxylic acids is 1. The molecule has 7 heteroatoms. The van der Waals surface area contributed by atoms with Gasteiger partial charge >= 0.3 is 5.97 Å². The maximum atomic E-state index is 11.8. The summed E-state index contributed by atoms with van der Waals surface area (Å²) in [7, 11) is 1.72. The molecule has 0 unspecified atom stereocenters. The number of aliphatic carboxylic acids is 1. The molecule has 2 aromatic rings. The fourth-order valence-corrected chi connectivity index (χ4v) is 1.50. The summed E-state index contributed by atoms with van der Waals surface area (Å²) in [6, 6.07) is 3.17. The lowest BCUT2D eigenvalue weighted by Gasteiger charge is -2.03. The standard InChI is InChI=1S/C12H12N4O3/c1-16-7-8(5-14-16)12(19)15-10-3-2-9(13-6-10)4-11(17)18/h2-3,5-7H,4H2,1H3,(H,15,19)(H,17,18). The minimum atomic E-state index is -0.945. The second-order valence-corrected chi connectivity index (χ2v) is 3.97. The average molecular weight is 260 g/mol. The first kappa shape index (κ1) is 12.7. The summed E-state index contributed by atoms with van der Waals surface area (Å²) in [6.45, 7) is 0. The van der Waals surface area contributed by atoms with Gasteiger partial charge in [0.2, 0.25) is 0 Å². The van der Waals surface area contributed by atoms with Crippen LogP contribution in [-0.2, 0) is 18.3 Å². The van der Waals surface area contributed by atoms with E-state index in [2.05, 4.69) is 15.4 Å². The van der Waals surface area contributed by atoms with Crippen LogP contribution >= 0.6 is 0 Å². The lowest BCUT2D eigenvalue weighted by Crippen LogP contribution is -2.11. The Morgan fingerprint density at radius 2 is 2.16 bits per heavy atom. The zero-order valence-corrected chi connectivity index (χ0v) is 10.2. The van der Waals surface area contributed by atoms with E-state index in [1.165, 1.54) is 17.1 Å². The van der Waals surface area contributed by atoms with E-state index in [4.69, 9.17) is 5.11 Å². The van der Waals surface area contributed by atoms with Gasteiger partial charge in [0.1, 0.15) is 0 Å². The molecular formula is C12H12N4O3. The van der Waals surface area contributed by atoms with Crippen molar-refractivity contribution in [3.05, 3.63) is 42.0 Å². The van der Waals surface area contributed by atoms with E-state index in [-0.39, 0.29) is 12.3 Å². The molecular weight excluding hydrogens is 248 g/mol. The SMILES string of the molecule is Cn1cc(C(=O)Nc2ccc(CC(=O)O)nc2)cn1. The van der Waals surface area contributed by atoms with E-state index in [0.717, 1.165) is 0 Å². The van der Waals surface area contributed by atoms with Gasteiger partial charge < -0.3 is 10.4 Å². The molecule has 0 aliphatic carbocycles. The third-order valence-corrected chi connectivity index (χ3v) is 2.38. The Kier molecular flexibility index (Phi) is 3.56. The largest absolute Gasteiger partial charge is 0.481 e. The average Bonchev–Trinajstić information content (AvgIpc) is 2.78. The van der Waals surface area contributed by atoms with Gasteiger partial charge in [0, 0.05) is 13.2 Å². The monoisotopic (exact) mass is 260 g/mol. The molecule has 0 atom stereocenters. The molecule has 19 heavy (non-hydrogen) atoms. The van der Waals surface area contributed by atoms with Gasteiger partial charge in [0.15, 0.2) is 0 Å². The summed E-state index contributed by atoms with van der Waals surface area (Å²) in [6.07, 6.45) is 4.34. The zero-order chi connectivity index (χ0) is 13.8. The zero-order valence-electron chi connectivity index (χ0n) is 10.2. The van der Waals surface area contributed by atoms with Crippen molar-refractivity contribution >= 4 is 17.6 Å². The molecule has 0 aliphatic heterocycles. The van der Waals surface area contributed by atoms with Crippen molar-refractivity contribution in [1.29, 1.82) is 0 Å². The molecule has 0 radical (unpaired) electrons.